The Morgan fingerprint density at radius 3 is 2.96 bits per heavy atom. The lowest BCUT2D eigenvalue weighted by Crippen LogP contribution is -2.46. The molecule has 1 aliphatic rings. The first-order valence-electron chi connectivity index (χ1n) is 7.85. The first-order valence-corrected chi connectivity index (χ1v) is 9.24. The van der Waals surface area contributed by atoms with E-state index in [-0.39, 0.29) is 17.7 Å². The maximum absolute atomic E-state index is 12.5. The smallest absolute Gasteiger partial charge is 0.387 e. The summed E-state index contributed by atoms with van der Waals surface area (Å²) in [4.78, 5) is 14.0. The van der Waals surface area contributed by atoms with Crippen molar-refractivity contribution >= 4 is 23.4 Å². The molecule has 1 aliphatic heterocycles. The lowest BCUT2D eigenvalue weighted by atomic mass is 10.2. The zero-order chi connectivity index (χ0) is 17.5. The van der Waals surface area contributed by atoms with Gasteiger partial charge in [-0.15, -0.1) is 0 Å². The molecule has 0 saturated carbocycles. The third kappa shape index (κ3) is 5.24. The van der Waals surface area contributed by atoms with Gasteiger partial charge in [-0.3, -0.25) is 4.79 Å². The molecule has 1 aromatic rings. The fraction of sp³-hybridized carbons (Fsp3) is 0.562. The van der Waals surface area contributed by atoms with Crippen molar-refractivity contribution in [1.29, 1.82) is 0 Å². The van der Waals surface area contributed by atoms with Crippen LogP contribution in [0.5, 0.6) is 5.75 Å². The van der Waals surface area contributed by atoms with E-state index in [1.165, 1.54) is 6.07 Å². The van der Waals surface area contributed by atoms with Gasteiger partial charge in [0.15, 0.2) is 0 Å². The fourth-order valence-electron chi connectivity index (χ4n) is 2.70. The van der Waals surface area contributed by atoms with Gasteiger partial charge in [0.1, 0.15) is 5.75 Å². The number of halogens is 2. The van der Waals surface area contributed by atoms with Gasteiger partial charge in [0, 0.05) is 19.1 Å². The second kappa shape index (κ2) is 9.08. The number of carbonyl (C=O) groups excluding carboxylic acids is 1. The van der Waals surface area contributed by atoms with Crippen molar-refractivity contribution in [3.05, 3.63) is 24.3 Å². The van der Waals surface area contributed by atoms with Gasteiger partial charge in [-0.25, -0.2) is 0 Å². The molecular weight excluding hydrogens is 336 g/mol. The minimum absolute atomic E-state index is 0.0440. The number of anilines is 1. The number of hydrogen-bond donors (Lipinski definition) is 2. The minimum atomic E-state index is -2.86. The maximum Gasteiger partial charge on any atom is 0.387 e. The van der Waals surface area contributed by atoms with Gasteiger partial charge in [-0.1, -0.05) is 12.1 Å². The lowest BCUT2D eigenvalue weighted by molar-refractivity contribution is -0.122. The first-order chi connectivity index (χ1) is 11.5. The number of para-hydroxylation sites is 2. The molecule has 1 heterocycles. The summed E-state index contributed by atoms with van der Waals surface area (Å²) in [5.41, 5.74) is 6.48. The Morgan fingerprint density at radius 2 is 2.25 bits per heavy atom. The average Bonchev–Trinajstić information content (AvgIpc) is 3.00. The van der Waals surface area contributed by atoms with Crippen molar-refractivity contribution in [3.63, 3.8) is 0 Å². The quantitative estimate of drug-likeness (QED) is 0.744. The Morgan fingerprint density at radius 1 is 1.50 bits per heavy atom. The lowest BCUT2D eigenvalue weighted by Gasteiger charge is -2.22. The highest BCUT2D eigenvalue weighted by Gasteiger charge is 2.27. The van der Waals surface area contributed by atoms with Crippen LogP contribution in [0.4, 0.5) is 14.5 Å². The molecule has 3 N–H and O–H groups in total. The molecule has 1 unspecified atom stereocenters. The summed E-state index contributed by atoms with van der Waals surface area (Å²) in [6, 6.07) is 6.13. The van der Waals surface area contributed by atoms with Gasteiger partial charge in [-0.2, -0.15) is 20.5 Å². The highest BCUT2D eigenvalue weighted by molar-refractivity contribution is 7.98. The average molecular weight is 359 g/mol. The predicted molar refractivity (Wildman–Crippen MR) is 92.8 cm³/mol. The number of hydrogen-bond acceptors (Lipinski definition) is 5. The number of thioether (sulfide) groups is 1. The van der Waals surface area contributed by atoms with Gasteiger partial charge in [0.2, 0.25) is 5.91 Å². The van der Waals surface area contributed by atoms with Crippen LogP contribution in [0, 0.1) is 0 Å². The van der Waals surface area contributed by atoms with Crippen LogP contribution in [-0.2, 0) is 4.79 Å². The molecule has 2 rings (SSSR count). The minimum Gasteiger partial charge on any atom is -0.433 e. The van der Waals surface area contributed by atoms with Crippen LogP contribution in [0.3, 0.4) is 0 Å². The molecule has 1 saturated heterocycles. The summed E-state index contributed by atoms with van der Waals surface area (Å²) in [5, 5.41) is 2.94. The Hall–Kier alpha value is -1.54. The molecule has 2 atom stereocenters. The molecule has 134 valence electrons. The van der Waals surface area contributed by atoms with Gasteiger partial charge in [0.05, 0.1) is 11.7 Å². The maximum atomic E-state index is 12.5. The van der Waals surface area contributed by atoms with Crippen molar-refractivity contribution in [2.75, 3.05) is 30.0 Å². The van der Waals surface area contributed by atoms with Gasteiger partial charge >= 0.3 is 6.61 Å². The highest BCUT2D eigenvalue weighted by Crippen LogP contribution is 2.31. The summed E-state index contributed by atoms with van der Waals surface area (Å²) in [6.07, 6.45) is 3.34. The molecule has 24 heavy (non-hydrogen) atoms. The molecule has 0 bridgehead atoms. The fourth-order valence-corrected chi connectivity index (χ4v) is 3.18. The van der Waals surface area contributed by atoms with E-state index < -0.39 is 12.7 Å². The van der Waals surface area contributed by atoms with Crippen LogP contribution in [-0.4, -0.2) is 49.7 Å². The zero-order valence-electron chi connectivity index (χ0n) is 13.6. The Balaban J connectivity index is 1.92. The van der Waals surface area contributed by atoms with E-state index in [9.17, 15) is 13.6 Å². The van der Waals surface area contributed by atoms with Crippen molar-refractivity contribution in [2.45, 2.75) is 31.5 Å². The Kier molecular flexibility index (Phi) is 7.11. The molecule has 8 heteroatoms. The molecular formula is C16H23F2N3O2S. The van der Waals surface area contributed by atoms with Crippen LogP contribution >= 0.6 is 11.8 Å². The van der Waals surface area contributed by atoms with Crippen LogP contribution in [0.2, 0.25) is 0 Å². The molecule has 1 fully saturated rings. The van der Waals surface area contributed by atoms with E-state index in [0.29, 0.717) is 25.2 Å². The predicted octanol–water partition coefficient (Wildman–Crippen LogP) is 2.06. The normalized spacial score (nSPS) is 18.7. The van der Waals surface area contributed by atoms with E-state index >= 15 is 0 Å². The molecule has 0 spiro atoms. The van der Waals surface area contributed by atoms with Crippen LogP contribution in [0.1, 0.15) is 12.8 Å². The van der Waals surface area contributed by atoms with E-state index in [1.54, 1.807) is 30.0 Å². The first kappa shape index (κ1) is 18.8. The van der Waals surface area contributed by atoms with E-state index in [2.05, 4.69) is 10.1 Å². The van der Waals surface area contributed by atoms with Crippen LogP contribution in [0.25, 0.3) is 0 Å². The summed E-state index contributed by atoms with van der Waals surface area (Å²) < 4.78 is 29.6. The molecule has 0 aliphatic carbocycles. The van der Waals surface area contributed by atoms with Crippen LogP contribution < -0.4 is 20.7 Å². The second-order valence-electron chi connectivity index (χ2n) is 5.67. The molecule has 1 amide bonds. The van der Waals surface area contributed by atoms with Crippen LogP contribution in [0.15, 0.2) is 24.3 Å². The largest absolute Gasteiger partial charge is 0.433 e. The number of nitrogens with zero attached hydrogens (tertiary/aromatic N) is 1. The topological polar surface area (TPSA) is 67.6 Å². The Bertz CT molecular complexity index is 548. The van der Waals surface area contributed by atoms with Gasteiger partial charge < -0.3 is 20.7 Å². The summed E-state index contributed by atoms with van der Waals surface area (Å²) in [5.74, 6) is 0.827. The SMILES string of the molecule is CSCC[C@H](N)C(=O)NC1CCN(c2ccccc2OC(F)F)C1. The molecule has 0 radical (unpaired) electrons. The molecule has 5 nitrogen and oxygen atoms in total. The van der Waals surface area contributed by atoms with Crippen molar-refractivity contribution in [3.8, 4) is 5.75 Å². The number of ether oxygens (including phenoxy) is 1. The van der Waals surface area contributed by atoms with Crippen molar-refractivity contribution in [2.24, 2.45) is 5.73 Å². The Labute approximate surface area is 144 Å². The van der Waals surface area contributed by atoms with Gasteiger partial charge in [0.25, 0.3) is 0 Å². The summed E-state index contributed by atoms with van der Waals surface area (Å²) in [7, 11) is 0. The van der Waals surface area contributed by atoms with E-state index in [4.69, 9.17) is 5.73 Å². The van der Waals surface area contributed by atoms with Crippen molar-refractivity contribution in [1.82, 2.24) is 5.32 Å². The highest BCUT2D eigenvalue weighted by atomic mass is 32.2. The van der Waals surface area contributed by atoms with Gasteiger partial charge in [-0.05, 0) is 37.0 Å². The number of nitrogens with one attached hydrogen (secondary N) is 1. The standard InChI is InChI=1S/C16H23F2N3O2S/c1-24-9-7-12(19)15(22)20-11-6-8-21(10-11)13-4-2-3-5-14(13)23-16(17)18/h2-5,11-12,16H,6-10,19H2,1H3,(H,20,22)/t11?,12-/m0/s1. The van der Waals surface area contributed by atoms with E-state index in [0.717, 1.165) is 12.2 Å². The summed E-state index contributed by atoms with van der Waals surface area (Å²) >= 11 is 1.65. The third-order valence-corrected chi connectivity index (χ3v) is 4.57. The molecule has 0 aromatic heterocycles. The number of carbonyl (C=O) groups is 1. The number of alkyl halides is 2. The number of amides is 1. The summed E-state index contributed by atoms with van der Waals surface area (Å²) in [6.45, 7) is -1.65. The number of nitrogens with two attached hydrogens (primary N) is 1. The molecule has 1 aromatic carbocycles. The third-order valence-electron chi connectivity index (χ3n) is 3.93. The van der Waals surface area contributed by atoms with Crippen molar-refractivity contribution < 1.29 is 18.3 Å². The zero-order valence-corrected chi connectivity index (χ0v) is 14.4. The monoisotopic (exact) mass is 359 g/mol. The number of benzene rings is 1. The van der Waals surface area contributed by atoms with E-state index in [1.807, 2.05) is 11.2 Å². The number of rotatable bonds is 8. The second-order valence-corrected chi connectivity index (χ2v) is 6.66.